The molecule has 0 saturated heterocycles. The standard InChI is InChI=1S/C15H16BrNO3/c1-9(11-4-3-5-13(16)6-11)17-8-12-7-14(15(18)19)20-10(12)2/h3-7,9,17H,8H2,1-2H3,(H,18,19). The van der Waals surface area contributed by atoms with Crippen LogP contribution in [-0.4, -0.2) is 11.1 Å². The second-order valence-corrected chi connectivity index (χ2v) is 5.57. The zero-order chi connectivity index (χ0) is 14.7. The first kappa shape index (κ1) is 14.8. The molecule has 0 fully saturated rings. The fourth-order valence-electron chi connectivity index (χ4n) is 1.96. The lowest BCUT2D eigenvalue weighted by molar-refractivity contribution is 0.0661. The summed E-state index contributed by atoms with van der Waals surface area (Å²) in [7, 11) is 0. The lowest BCUT2D eigenvalue weighted by Gasteiger charge is -2.14. The monoisotopic (exact) mass is 337 g/mol. The summed E-state index contributed by atoms with van der Waals surface area (Å²) in [6.07, 6.45) is 0. The molecule has 20 heavy (non-hydrogen) atoms. The first-order valence-electron chi connectivity index (χ1n) is 6.29. The van der Waals surface area contributed by atoms with E-state index in [1.54, 1.807) is 13.0 Å². The molecule has 1 unspecified atom stereocenters. The number of hydrogen-bond acceptors (Lipinski definition) is 3. The molecule has 2 N–H and O–H groups in total. The van der Waals surface area contributed by atoms with Gasteiger partial charge in [-0.2, -0.15) is 0 Å². The highest BCUT2D eigenvalue weighted by molar-refractivity contribution is 9.10. The second kappa shape index (κ2) is 6.24. The van der Waals surface area contributed by atoms with Gasteiger partial charge in [0.15, 0.2) is 0 Å². The number of rotatable bonds is 5. The molecule has 0 aliphatic heterocycles. The maximum Gasteiger partial charge on any atom is 0.371 e. The highest BCUT2D eigenvalue weighted by atomic mass is 79.9. The van der Waals surface area contributed by atoms with Crippen molar-refractivity contribution >= 4 is 21.9 Å². The molecule has 4 nitrogen and oxygen atoms in total. The first-order valence-corrected chi connectivity index (χ1v) is 7.08. The maximum absolute atomic E-state index is 10.8. The maximum atomic E-state index is 10.8. The number of hydrogen-bond donors (Lipinski definition) is 2. The number of carbonyl (C=O) groups is 1. The van der Waals surface area contributed by atoms with Crippen molar-refractivity contribution in [1.82, 2.24) is 5.32 Å². The van der Waals surface area contributed by atoms with Crippen LogP contribution in [0.4, 0.5) is 0 Å². The Morgan fingerprint density at radius 3 is 2.80 bits per heavy atom. The average Bonchev–Trinajstić information content (AvgIpc) is 2.77. The van der Waals surface area contributed by atoms with Crippen LogP contribution in [0.2, 0.25) is 0 Å². The van der Waals surface area contributed by atoms with Crippen LogP contribution in [0, 0.1) is 6.92 Å². The molecule has 2 aromatic rings. The van der Waals surface area contributed by atoms with Gasteiger partial charge in [0.25, 0.3) is 0 Å². The molecule has 1 atom stereocenters. The minimum absolute atomic E-state index is 0.0191. The third-order valence-electron chi connectivity index (χ3n) is 3.18. The number of aryl methyl sites for hydroxylation is 1. The van der Waals surface area contributed by atoms with Crippen molar-refractivity contribution < 1.29 is 14.3 Å². The van der Waals surface area contributed by atoms with Crippen LogP contribution in [0.15, 0.2) is 39.2 Å². The quantitative estimate of drug-likeness (QED) is 0.868. The lowest BCUT2D eigenvalue weighted by atomic mass is 10.1. The van der Waals surface area contributed by atoms with Crippen molar-refractivity contribution in [2.24, 2.45) is 0 Å². The normalized spacial score (nSPS) is 12.3. The van der Waals surface area contributed by atoms with Crippen molar-refractivity contribution in [3.63, 3.8) is 0 Å². The summed E-state index contributed by atoms with van der Waals surface area (Å²) in [6, 6.07) is 9.81. The average molecular weight is 338 g/mol. The van der Waals surface area contributed by atoms with Gasteiger partial charge in [0.05, 0.1) is 0 Å². The Morgan fingerprint density at radius 1 is 1.45 bits per heavy atom. The predicted molar refractivity (Wildman–Crippen MR) is 79.8 cm³/mol. The van der Waals surface area contributed by atoms with Gasteiger partial charge in [-0.1, -0.05) is 28.1 Å². The zero-order valence-electron chi connectivity index (χ0n) is 11.3. The molecule has 0 spiro atoms. The van der Waals surface area contributed by atoms with E-state index in [1.165, 1.54) is 5.56 Å². The number of aromatic carboxylic acids is 1. The number of furan rings is 1. The van der Waals surface area contributed by atoms with Crippen LogP contribution in [-0.2, 0) is 6.54 Å². The zero-order valence-corrected chi connectivity index (χ0v) is 12.9. The van der Waals surface area contributed by atoms with Crippen LogP contribution in [0.5, 0.6) is 0 Å². The minimum Gasteiger partial charge on any atom is -0.475 e. The highest BCUT2D eigenvalue weighted by Gasteiger charge is 2.14. The Bertz CT molecular complexity index is 621. The van der Waals surface area contributed by atoms with E-state index in [0.717, 1.165) is 10.0 Å². The number of carboxylic acids is 1. The van der Waals surface area contributed by atoms with E-state index in [9.17, 15) is 4.79 Å². The Hall–Kier alpha value is -1.59. The summed E-state index contributed by atoms with van der Waals surface area (Å²) in [5.41, 5.74) is 2.03. The topological polar surface area (TPSA) is 62.5 Å². The highest BCUT2D eigenvalue weighted by Crippen LogP contribution is 2.20. The molecule has 0 aliphatic carbocycles. The number of halogens is 1. The van der Waals surface area contributed by atoms with E-state index in [4.69, 9.17) is 9.52 Å². The molecule has 5 heteroatoms. The van der Waals surface area contributed by atoms with Gasteiger partial charge in [-0.3, -0.25) is 0 Å². The second-order valence-electron chi connectivity index (χ2n) is 4.65. The molecule has 0 radical (unpaired) electrons. The fraction of sp³-hybridized carbons (Fsp3) is 0.267. The van der Waals surface area contributed by atoms with Crippen LogP contribution in [0.25, 0.3) is 0 Å². The molecule has 106 valence electrons. The van der Waals surface area contributed by atoms with Crippen LogP contribution < -0.4 is 5.32 Å². The molecular formula is C15H16BrNO3. The van der Waals surface area contributed by atoms with Crippen molar-refractivity contribution in [2.45, 2.75) is 26.4 Å². The van der Waals surface area contributed by atoms with Crippen molar-refractivity contribution in [3.8, 4) is 0 Å². The fourth-order valence-corrected chi connectivity index (χ4v) is 2.37. The van der Waals surface area contributed by atoms with E-state index in [0.29, 0.717) is 12.3 Å². The molecule has 0 amide bonds. The van der Waals surface area contributed by atoms with Gasteiger partial charge < -0.3 is 14.8 Å². The van der Waals surface area contributed by atoms with Gasteiger partial charge in [0.1, 0.15) is 5.76 Å². The van der Waals surface area contributed by atoms with Gasteiger partial charge >= 0.3 is 5.97 Å². The predicted octanol–water partition coefficient (Wildman–Crippen LogP) is 3.90. The lowest BCUT2D eigenvalue weighted by Crippen LogP contribution is -2.18. The van der Waals surface area contributed by atoms with Crippen LogP contribution >= 0.6 is 15.9 Å². The van der Waals surface area contributed by atoms with Gasteiger partial charge in [-0.25, -0.2) is 4.79 Å². The number of nitrogens with one attached hydrogen (secondary N) is 1. The van der Waals surface area contributed by atoms with Gasteiger partial charge in [0, 0.05) is 22.6 Å². The van der Waals surface area contributed by atoms with Crippen molar-refractivity contribution in [2.75, 3.05) is 0 Å². The number of carboxylic acid groups (broad SMARTS) is 1. The Kier molecular flexibility index (Phi) is 4.62. The van der Waals surface area contributed by atoms with E-state index in [-0.39, 0.29) is 11.8 Å². The molecule has 0 bridgehead atoms. The molecule has 0 saturated carbocycles. The summed E-state index contributed by atoms with van der Waals surface area (Å²) in [5.74, 6) is -0.426. The van der Waals surface area contributed by atoms with E-state index < -0.39 is 5.97 Å². The summed E-state index contributed by atoms with van der Waals surface area (Å²) in [5, 5.41) is 12.3. The molecule has 2 rings (SSSR count). The Morgan fingerprint density at radius 2 is 2.20 bits per heavy atom. The molecule has 1 aromatic heterocycles. The Balaban J connectivity index is 2.03. The van der Waals surface area contributed by atoms with Gasteiger partial charge in [-0.05, 0) is 37.6 Å². The summed E-state index contributed by atoms with van der Waals surface area (Å²) < 4.78 is 6.22. The first-order chi connectivity index (χ1) is 9.47. The largest absolute Gasteiger partial charge is 0.475 e. The van der Waals surface area contributed by atoms with Crippen LogP contribution in [0.1, 0.15) is 40.4 Å². The van der Waals surface area contributed by atoms with Crippen LogP contribution in [0.3, 0.4) is 0 Å². The molecule has 1 heterocycles. The molecule has 1 aromatic carbocycles. The Labute approximate surface area is 125 Å². The minimum atomic E-state index is -1.04. The third-order valence-corrected chi connectivity index (χ3v) is 3.67. The van der Waals surface area contributed by atoms with E-state index >= 15 is 0 Å². The van der Waals surface area contributed by atoms with Crippen molar-refractivity contribution in [3.05, 3.63) is 57.5 Å². The summed E-state index contributed by atoms with van der Waals surface area (Å²) in [6.45, 7) is 4.40. The van der Waals surface area contributed by atoms with Gasteiger partial charge in [0.2, 0.25) is 5.76 Å². The SMILES string of the molecule is Cc1oc(C(=O)O)cc1CNC(C)c1cccc(Br)c1. The molecular weight excluding hydrogens is 322 g/mol. The third kappa shape index (κ3) is 3.49. The van der Waals surface area contributed by atoms with E-state index in [2.05, 4.69) is 34.2 Å². The number of benzene rings is 1. The summed E-state index contributed by atoms with van der Waals surface area (Å²) >= 11 is 3.45. The molecule has 0 aliphatic rings. The van der Waals surface area contributed by atoms with Crippen molar-refractivity contribution in [1.29, 1.82) is 0 Å². The smallest absolute Gasteiger partial charge is 0.371 e. The van der Waals surface area contributed by atoms with E-state index in [1.807, 2.05) is 18.2 Å². The summed E-state index contributed by atoms with van der Waals surface area (Å²) in [4.78, 5) is 10.8. The van der Waals surface area contributed by atoms with Gasteiger partial charge in [-0.15, -0.1) is 0 Å².